The summed E-state index contributed by atoms with van der Waals surface area (Å²) < 4.78 is 25.7. The third kappa shape index (κ3) is 5.05. The molecule has 2 aliphatic rings. The van der Waals surface area contributed by atoms with Crippen molar-refractivity contribution in [2.24, 2.45) is 5.41 Å². The van der Waals surface area contributed by atoms with Crippen molar-refractivity contribution in [3.05, 3.63) is 47.9 Å². The predicted molar refractivity (Wildman–Crippen MR) is 142 cm³/mol. The number of nitrogens with zero attached hydrogens (tertiary/aromatic N) is 5. The summed E-state index contributed by atoms with van der Waals surface area (Å²) in [5.74, 6) is 0.534. The number of ether oxygens (including phenoxy) is 1. The van der Waals surface area contributed by atoms with Crippen LogP contribution in [-0.2, 0) is 0 Å². The Labute approximate surface area is 215 Å². The topological polar surface area (TPSA) is 89.3 Å². The van der Waals surface area contributed by atoms with Crippen molar-refractivity contribution in [3.8, 4) is 17.6 Å². The van der Waals surface area contributed by atoms with Crippen molar-refractivity contribution in [3.63, 3.8) is 0 Å². The maximum Gasteiger partial charge on any atom is 0.182 e. The Hall–Kier alpha value is -3.13. The Morgan fingerprint density at radius 1 is 1.25 bits per heavy atom. The van der Waals surface area contributed by atoms with Gasteiger partial charge in [0.2, 0.25) is 0 Å². The molecule has 1 aromatic heterocycles. The molecule has 2 N–H and O–H groups in total. The first-order valence-corrected chi connectivity index (χ1v) is 13.0. The van der Waals surface area contributed by atoms with Crippen molar-refractivity contribution < 1.29 is 9.13 Å². The fourth-order valence-corrected chi connectivity index (χ4v) is 5.41. The van der Waals surface area contributed by atoms with Gasteiger partial charge >= 0.3 is 0 Å². The fourth-order valence-electron chi connectivity index (χ4n) is 4.86. The lowest BCUT2D eigenvalue weighted by atomic mass is 9.78. The molecule has 0 unspecified atom stereocenters. The molecule has 0 bridgehead atoms. The van der Waals surface area contributed by atoms with E-state index in [0.29, 0.717) is 22.4 Å². The molecule has 1 spiro atoms. The van der Waals surface area contributed by atoms with E-state index in [1.54, 1.807) is 24.3 Å². The third-order valence-corrected chi connectivity index (χ3v) is 8.01. The van der Waals surface area contributed by atoms with Gasteiger partial charge in [0.1, 0.15) is 23.2 Å². The number of benzene rings is 2. The van der Waals surface area contributed by atoms with Crippen LogP contribution in [0.4, 0.5) is 15.9 Å². The number of rotatable bonds is 7. The van der Waals surface area contributed by atoms with Crippen molar-refractivity contribution in [1.29, 1.82) is 5.26 Å². The minimum atomic E-state index is -0.602. The Kier molecular flexibility index (Phi) is 7.14. The van der Waals surface area contributed by atoms with Gasteiger partial charge in [-0.1, -0.05) is 6.92 Å². The molecule has 36 heavy (non-hydrogen) atoms. The molecule has 2 fully saturated rings. The molecular weight excluding hydrogens is 477 g/mol. The van der Waals surface area contributed by atoms with Crippen molar-refractivity contribution in [2.45, 2.75) is 26.2 Å². The number of piperidine rings is 1. The average Bonchev–Trinajstić information content (AvgIpc) is 3.31. The smallest absolute Gasteiger partial charge is 0.182 e. The number of hydrogen-bond donors (Lipinski definition) is 2. The maximum absolute atomic E-state index is 14.8. The zero-order valence-corrected chi connectivity index (χ0v) is 21.4. The second kappa shape index (κ2) is 10.5. The van der Waals surface area contributed by atoms with Gasteiger partial charge in [-0.3, -0.25) is 4.98 Å². The van der Waals surface area contributed by atoms with E-state index in [0.717, 1.165) is 44.1 Å². The van der Waals surface area contributed by atoms with Gasteiger partial charge in [-0.2, -0.15) is 5.26 Å². The van der Waals surface area contributed by atoms with Crippen molar-refractivity contribution >= 4 is 34.7 Å². The van der Waals surface area contributed by atoms with Crippen LogP contribution in [0.1, 0.15) is 31.7 Å². The van der Waals surface area contributed by atoms with E-state index in [4.69, 9.17) is 9.72 Å². The Bertz CT molecular complexity index is 1290. The zero-order chi connectivity index (χ0) is 25.1. The summed E-state index contributed by atoms with van der Waals surface area (Å²) in [6.07, 6.45) is 5.38. The minimum Gasteiger partial charge on any atom is -0.453 e. The highest BCUT2D eigenvalue weighted by Gasteiger charge is 2.39. The Balaban J connectivity index is 1.39. The maximum atomic E-state index is 14.8. The van der Waals surface area contributed by atoms with Crippen LogP contribution in [0.15, 0.2) is 36.5 Å². The van der Waals surface area contributed by atoms with Crippen LogP contribution in [0.25, 0.3) is 11.0 Å². The summed E-state index contributed by atoms with van der Waals surface area (Å²) in [5.41, 5.74) is 2.36. The first-order valence-electron chi connectivity index (χ1n) is 12.3. The summed E-state index contributed by atoms with van der Waals surface area (Å²) in [7, 11) is 1.92. The third-order valence-electron chi connectivity index (χ3n) is 7.13. The first kappa shape index (κ1) is 24.6. The summed E-state index contributed by atoms with van der Waals surface area (Å²) in [4.78, 5) is 11.8. The van der Waals surface area contributed by atoms with Crippen LogP contribution in [0.2, 0.25) is 0 Å². The van der Waals surface area contributed by atoms with Gasteiger partial charge in [0, 0.05) is 37.8 Å². The zero-order valence-electron chi connectivity index (χ0n) is 20.6. The van der Waals surface area contributed by atoms with Crippen LogP contribution >= 0.6 is 12.1 Å². The molecule has 5 rings (SSSR count). The monoisotopic (exact) mass is 507 g/mol. The largest absolute Gasteiger partial charge is 0.453 e. The SMILES string of the molecule is CCN(C)SNc1ccc(F)c(Oc2ccc3ncc(N4CCC5(CCNCC5)C4)nc3c2)c1C#N. The summed E-state index contributed by atoms with van der Waals surface area (Å²) in [5, 5.41) is 13.2. The molecule has 0 atom stereocenters. The highest BCUT2D eigenvalue weighted by Crippen LogP contribution is 2.40. The quantitative estimate of drug-likeness (QED) is 0.432. The van der Waals surface area contributed by atoms with E-state index in [9.17, 15) is 9.65 Å². The van der Waals surface area contributed by atoms with Gasteiger partial charge in [-0.05, 0) is 69.1 Å². The van der Waals surface area contributed by atoms with Crippen LogP contribution in [0.3, 0.4) is 0 Å². The summed E-state index contributed by atoms with van der Waals surface area (Å²) >= 11 is 1.33. The molecule has 0 saturated carbocycles. The van der Waals surface area contributed by atoms with Gasteiger partial charge in [0.15, 0.2) is 11.6 Å². The van der Waals surface area contributed by atoms with E-state index < -0.39 is 5.82 Å². The number of halogens is 1. The predicted octanol–water partition coefficient (Wildman–Crippen LogP) is 4.94. The van der Waals surface area contributed by atoms with E-state index in [-0.39, 0.29) is 11.3 Å². The fraction of sp³-hybridized carbons (Fsp3) is 0.423. The van der Waals surface area contributed by atoms with Gasteiger partial charge in [0.05, 0.1) is 22.9 Å². The van der Waals surface area contributed by atoms with Crippen LogP contribution in [0, 0.1) is 22.6 Å². The molecule has 8 nitrogen and oxygen atoms in total. The Morgan fingerprint density at radius 3 is 2.86 bits per heavy atom. The number of nitrogens with one attached hydrogen (secondary N) is 2. The molecule has 3 aromatic rings. The lowest BCUT2D eigenvalue weighted by Crippen LogP contribution is -2.38. The summed E-state index contributed by atoms with van der Waals surface area (Å²) in [6.45, 7) is 6.93. The van der Waals surface area contributed by atoms with E-state index >= 15 is 0 Å². The van der Waals surface area contributed by atoms with Gasteiger partial charge < -0.3 is 19.7 Å². The molecule has 2 aromatic carbocycles. The molecule has 0 radical (unpaired) electrons. The first-order chi connectivity index (χ1) is 17.5. The molecule has 188 valence electrons. The number of hydrogen-bond acceptors (Lipinski definition) is 9. The van der Waals surface area contributed by atoms with E-state index in [2.05, 4.69) is 26.0 Å². The molecule has 2 aliphatic heterocycles. The second-order valence-electron chi connectivity index (χ2n) is 9.45. The van der Waals surface area contributed by atoms with Gasteiger partial charge in [-0.15, -0.1) is 0 Å². The number of fused-ring (bicyclic) bond motifs is 1. The molecule has 2 saturated heterocycles. The standard InChI is InChI=1S/C26H30FN7OS/c1-3-33(2)36-32-21-7-5-20(27)25(19(21)15-28)35-18-4-6-22-23(14-18)31-24(16-30-22)34-13-10-26(17-34)8-11-29-12-9-26/h4-7,14,16,29,32H,3,8-13,17H2,1-2H3. The molecule has 0 aliphatic carbocycles. The normalized spacial score (nSPS) is 17.0. The second-order valence-corrected chi connectivity index (χ2v) is 10.5. The lowest BCUT2D eigenvalue weighted by Gasteiger charge is -2.33. The summed E-state index contributed by atoms with van der Waals surface area (Å²) in [6, 6.07) is 10.2. The number of aromatic nitrogens is 2. The highest BCUT2D eigenvalue weighted by molar-refractivity contribution is 7.98. The number of anilines is 2. The number of nitriles is 1. The highest BCUT2D eigenvalue weighted by atomic mass is 32.2. The molecular formula is C26H30FN7OS. The average molecular weight is 508 g/mol. The van der Waals surface area contributed by atoms with E-state index in [1.165, 1.54) is 37.5 Å². The molecule has 3 heterocycles. The van der Waals surface area contributed by atoms with Gasteiger partial charge in [-0.25, -0.2) is 13.7 Å². The van der Waals surface area contributed by atoms with Crippen molar-refractivity contribution in [2.75, 3.05) is 49.4 Å². The van der Waals surface area contributed by atoms with Crippen LogP contribution < -0.4 is 19.7 Å². The van der Waals surface area contributed by atoms with E-state index in [1.807, 2.05) is 24.5 Å². The lowest BCUT2D eigenvalue weighted by molar-refractivity contribution is 0.232. The molecule has 0 amide bonds. The van der Waals surface area contributed by atoms with Gasteiger partial charge in [0.25, 0.3) is 0 Å². The minimum absolute atomic E-state index is 0.108. The Morgan fingerprint density at radius 2 is 2.08 bits per heavy atom. The van der Waals surface area contributed by atoms with Crippen LogP contribution in [0.5, 0.6) is 11.5 Å². The van der Waals surface area contributed by atoms with Crippen LogP contribution in [-0.4, -0.2) is 54.0 Å². The molecule has 10 heteroatoms. The van der Waals surface area contributed by atoms with Crippen molar-refractivity contribution in [1.82, 2.24) is 19.6 Å².